The largest absolute Gasteiger partial charge is 0.479 e. The van der Waals surface area contributed by atoms with Crippen molar-refractivity contribution in [2.45, 2.75) is 19.1 Å². The average molecular weight is 381 g/mol. The van der Waals surface area contributed by atoms with Crippen molar-refractivity contribution in [1.82, 2.24) is 0 Å². The Hall–Kier alpha value is -2.74. The number of aliphatic hydroxyl groups is 2. The van der Waals surface area contributed by atoms with Crippen molar-refractivity contribution in [1.29, 1.82) is 0 Å². The molecule has 0 aliphatic heterocycles. The van der Waals surface area contributed by atoms with Crippen molar-refractivity contribution < 1.29 is 34.8 Å². The lowest BCUT2D eigenvalue weighted by atomic mass is 10.00. The summed E-state index contributed by atoms with van der Waals surface area (Å²) >= 11 is 5.59. The van der Waals surface area contributed by atoms with Gasteiger partial charge >= 0.3 is 11.9 Å². The number of carboxylic acids is 2. The zero-order valence-corrected chi connectivity index (χ0v) is 14.4. The summed E-state index contributed by atoms with van der Waals surface area (Å²) in [5.74, 6) is -2.91. The number of aliphatic hydroxyl groups excluding tert-OH is 2. The molecule has 138 valence electrons. The van der Waals surface area contributed by atoms with Crippen LogP contribution < -0.4 is 0 Å². The number of carbonyl (C=O) groups excluding carboxylic acids is 1. The van der Waals surface area contributed by atoms with Crippen LogP contribution in [-0.2, 0) is 9.59 Å². The highest BCUT2D eigenvalue weighted by molar-refractivity contribution is 6.30. The van der Waals surface area contributed by atoms with Crippen LogP contribution in [0.15, 0.2) is 48.5 Å². The molecule has 26 heavy (non-hydrogen) atoms. The minimum Gasteiger partial charge on any atom is -0.479 e. The fourth-order valence-electron chi connectivity index (χ4n) is 2.01. The molecule has 2 rings (SSSR count). The minimum atomic E-state index is -1.64. The van der Waals surface area contributed by atoms with Crippen molar-refractivity contribution in [3.8, 4) is 0 Å². The molecule has 0 aromatic heterocycles. The number of rotatable bonds is 5. The number of benzene rings is 2. The van der Waals surface area contributed by atoms with Gasteiger partial charge in [0.05, 0.1) is 0 Å². The third kappa shape index (κ3) is 5.96. The van der Waals surface area contributed by atoms with Crippen LogP contribution in [0.25, 0.3) is 0 Å². The third-order valence-corrected chi connectivity index (χ3v) is 3.50. The molecule has 0 heterocycles. The summed E-state index contributed by atoms with van der Waals surface area (Å²) in [6.45, 7) is 1.33. The molecule has 0 saturated heterocycles. The molecular weight excluding hydrogens is 364 g/mol. The van der Waals surface area contributed by atoms with Crippen LogP contribution in [0.4, 0.5) is 0 Å². The van der Waals surface area contributed by atoms with E-state index in [0.717, 1.165) is 0 Å². The highest BCUT2D eigenvalue weighted by Crippen LogP contribution is 2.19. The van der Waals surface area contributed by atoms with E-state index >= 15 is 0 Å². The third-order valence-electron chi connectivity index (χ3n) is 3.27. The van der Waals surface area contributed by atoms with Crippen LogP contribution in [0.3, 0.4) is 0 Å². The lowest BCUT2D eigenvalue weighted by molar-refractivity contribution is -0.147. The highest BCUT2D eigenvalue weighted by Gasteiger charge is 2.20. The van der Waals surface area contributed by atoms with E-state index in [1.165, 1.54) is 31.2 Å². The van der Waals surface area contributed by atoms with E-state index in [2.05, 4.69) is 0 Å². The maximum atomic E-state index is 11.1. The standard InChI is InChI=1S/C10H10O4.C8H7ClO3/c1-6(11)7-4-2-3-5-8(7)9(12)10(13)14;9-6-3-1-2-5(4-6)7(10)8(11)12/h2-5,9,12H,1H3,(H,13,14);1-4,7,10H,(H,11,12)/t9-;7-/m11/s1. The number of carboxylic acid groups (broad SMARTS) is 2. The van der Waals surface area contributed by atoms with Gasteiger partial charge in [-0.15, -0.1) is 0 Å². The Balaban J connectivity index is 0.000000263. The Morgan fingerprint density at radius 1 is 0.885 bits per heavy atom. The topological polar surface area (TPSA) is 132 Å². The second-order valence-corrected chi connectivity index (χ2v) is 5.62. The van der Waals surface area contributed by atoms with E-state index in [4.69, 9.17) is 26.9 Å². The molecule has 0 bridgehead atoms. The first-order valence-corrected chi connectivity index (χ1v) is 7.70. The Morgan fingerprint density at radius 3 is 1.96 bits per heavy atom. The van der Waals surface area contributed by atoms with Gasteiger partial charge in [-0.05, 0) is 24.6 Å². The first-order valence-electron chi connectivity index (χ1n) is 7.32. The van der Waals surface area contributed by atoms with Gasteiger partial charge in [-0.25, -0.2) is 9.59 Å². The molecule has 0 fully saturated rings. The minimum absolute atomic E-state index is 0.132. The van der Waals surface area contributed by atoms with Crippen molar-refractivity contribution in [2.75, 3.05) is 0 Å². The quantitative estimate of drug-likeness (QED) is 0.585. The fourth-order valence-corrected chi connectivity index (χ4v) is 2.21. The van der Waals surface area contributed by atoms with Gasteiger partial charge in [-0.2, -0.15) is 0 Å². The molecule has 0 spiro atoms. The first kappa shape index (κ1) is 21.3. The van der Waals surface area contributed by atoms with E-state index in [1.807, 2.05) is 0 Å². The lowest BCUT2D eigenvalue weighted by Gasteiger charge is -2.09. The highest BCUT2D eigenvalue weighted by atomic mass is 35.5. The van der Waals surface area contributed by atoms with Crippen LogP contribution >= 0.6 is 11.6 Å². The van der Waals surface area contributed by atoms with Gasteiger partial charge in [0.15, 0.2) is 18.0 Å². The number of halogens is 1. The van der Waals surface area contributed by atoms with Crippen molar-refractivity contribution in [2.24, 2.45) is 0 Å². The Morgan fingerprint density at radius 2 is 1.46 bits per heavy atom. The smallest absolute Gasteiger partial charge is 0.337 e. The van der Waals surface area contributed by atoms with E-state index in [-0.39, 0.29) is 22.5 Å². The summed E-state index contributed by atoms with van der Waals surface area (Å²) in [6, 6.07) is 12.2. The normalized spacial score (nSPS) is 12.3. The molecular formula is C18H17ClO7. The second kappa shape index (κ2) is 9.67. The van der Waals surface area contributed by atoms with Crippen LogP contribution in [-0.4, -0.2) is 38.1 Å². The maximum absolute atomic E-state index is 11.1. The number of ketones is 1. The molecule has 4 N–H and O–H groups in total. The van der Waals surface area contributed by atoms with Crippen molar-refractivity contribution in [3.05, 3.63) is 70.2 Å². The Labute approximate surface area is 154 Å². The van der Waals surface area contributed by atoms with Crippen molar-refractivity contribution >= 4 is 29.3 Å². The molecule has 8 heteroatoms. The number of Topliss-reactive ketones (excluding diaryl/α,β-unsaturated/α-hetero) is 1. The van der Waals surface area contributed by atoms with Crippen LogP contribution in [0.1, 0.15) is 40.6 Å². The Kier molecular flexibility index (Phi) is 7.92. The Bertz CT molecular complexity index is 804. The average Bonchev–Trinajstić information content (AvgIpc) is 2.60. The van der Waals surface area contributed by atoms with Crippen molar-refractivity contribution in [3.63, 3.8) is 0 Å². The SMILES string of the molecule is CC(=O)c1ccccc1[C@@H](O)C(=O)O.O=C(O)[C@H](O)c1cccc(Cl)c1. The molecule has 0 radical (unpaired) electrons. The van der Waals surface area contributed by atoms with Gasteiger partial charge in [0.25, 0.3) is 0 Å². The molecule has 0 aliphatic rings. The van der Waals surface area contributed by atoms with Gasteiger partial charge in [0, 0.05) is 16.1 Å². The molecule has 0 unspecified atom stereocenters. The summed E-state index contributed by atoms with van der Waals surface area (Å²) in [5, 5.41) is 35.8. The molecule has 0 saturated carbocycles. The van der Waals surface area contributed by atoms with E-state index < -0.39 is 24.1 Å². The zero-order chi connectivity index (χ0) is 19.9. The number of hydrogen-bond acceptors (Lipinski definition) is 5. The lowest BCUT2D eigenvalue weighted by Crippen LogP contribution is -2.13. The number of aliphatic carboxylic acids is 2. The number of hydrogen-bond donors (Lipinski definition) is 4. The molecule has 2 aromatic carbocycles. The van der Waals surface area contributed by atoms with Crippen LogP contribution in [0.5, 0.6) is 0 Å². The van der Waals surface area contributed by atoms with E-state index in [1.54, 1.807) is 24.3 Å². The molecule has 2 atom stereocenters. The predicted molar refractivity (Wildman–Crippen MR) is 93.1 cm³/mol. The predicted octanol–water partition coefficient (Wildman–Crippen LogP) is 2.47. The van der Waals surface area contributed by atoms with E-state index in [0.29, 0.717) is 5.02 Å². The maximum Gasteiger partial charge on any atom is 0.337 e. The fraction of sp³-hybridized carbons (Fsp3) is 0.167. The summed E-state index contributed by atoms with van der Waals surface area (Å²) in [5.41, 5.74) is 0.657. The first-order chi connectivity index (χ1) is 12.1. The molecule has 7 nitrogen and oxygen atoms in total. The van der Waals surface area contributed by atoms with Crippen LogP contribution in [0.2, 0.25) is 5.02 Å². The number of carbonyl (C=O) groups is 3. The summed E-state index contributed by atoms with van der Waals surface area (Å²) in [4.78, 5) is 31.9. The zero-order valence-electron chi connectivity index (χ0n) is 13.7. The summed E-state index contributed by atoms with van der Waals surface area (Å²) in [7, 11) is 0. The second-order valence-electron chi connectivity index (χ2n) is 5.18. The van der Waals surface area contributed by atoms with Gasteiger partial charge < -0.3 is 20.4 Å². The summed E-state index contributed by atoms with van der Waals surface area (Å²) in [6.07, 6.45) is -3.14. The van der Waals surface area contributed by atoms with E-state index in [9.17, 15) is 19.5 Å². The van der Waals surface area contributed by atoms with Gasteiger partial charge in [-0.1, -0.05) is 48.0 Å². The summed E-state index contributed by atoms with van der Waals surface area (Å²) < 4.78 is 0. The van der Waals surface area contributed by atoms with Gasteiger partial charge in [0.1, 0.15) is 0 Å². The molecule has 0 amide bonds. The van der Waals surface area contributed by atoms with Gasteiger partial charge in [-0.3, -0.25) is 4.79 Å². The van der Waals surface area contributed by atoms with Crippen LogP contribution in [0, 0.1) is 0 Å². The molecule has 2 aromatic rings. The van der Waals surface area contributed by atoms with Gasteiger partial charge in [0.2, 0.25) is 0 Å². The molecule has 0 aliphatic carbocycles. The monoisotopic (exact) mass is 380 g/mol.